The van der Waals surface area contributed by atoms with E-state index in [1.165, 1.54) is 6.26 Å². The van der Waals surface area contributed by atoms with Crippen molar-refractivity contribution in [3.05, 3.63) is 23.5 Å². The van der Waals surface area contributed by atoms with Crippen LogP contribution in [-0.2, 0) is 23.4 Å². The molecule has 2 heterocycles. The van der Waals surface area contributed by atoms with Crippen LogP contribution in [0, 0.1) is 6.92 Å². The second kappa shape index (κ2) is 5.88. The lowest BCUT2D eigenvalue weighted by molar-refractivity contribution is 0.594. The minimum atomic E-state index is -2.86. The van der Waals surface area contributed by atoms with Gasteiger partial charge < -0.3 is 5.32 Å². The first kappa shape index (κ1) is 14.9. The van der Waals surface area contributed by atoms with Crippen molar-refractivity contribution >= 4 is 20.9 Å². The molecule has 0 aliphatic heterocycles. The molecule has 1 N–H and O–H groups in total. The molecule has 0 spiro atoms. The third kappa shape index (κ3) is 3.77. The quantitative estimate of drug-likeness (QED) is 0.798. The van der Waals surface area contributed by atoms with Crippen molar-refractivity contribution in [3.8, 4) is 0 Å². The maximum Gasteiger partial charge on any atom is 0.157 e. The Balaban J connectivity index is 1.92. The highest BCUT2D eigenvalue weighted by atomic mass is 32.2. The Kier molecular flexibility index (Phi) is 4.39. The summed E-state index contributed by atoms with van der Waals surface area (Å²) in [6.07, 6.45) is 3.71. The molecule has 110 valence electrons. The highest BCUT2D eigenvalue weighted by molar-refractivity contribution is 7.90. The van der Waals surface area contributed by atoms with E-state index in [0.29, 0.717) is 19.5 Å². The van der Waals surface area contributed by atoms with E-state index in [0.717, 1.165) is 22.3 Å². The van der Waals surface area contributed by atoms with Crippen LogP contribution in [0.2, 0.25) is 0 Å². The van der Waals surface area contributed by atoms with Gasteiger partial charge in [-0.15, -0.1) is 0 Å². The van der Waals surface area contributed by atoms with Gasteiger partial charge in [-0.05, 0) is 31.5 Å². The van der Waals surface area contributed by atoms with Crippen LogP contribution in [-0.4, -0.2) is 41.7 Å². The summed E-state index contributed by atoms with van der Waals surface area (Å²) in [5.74, 6) is 0.221. The third-order valence-electron chi connectivity index (χ3n) is 3.12. The van der Waals surface area contributed by atoms with Crippen LogP contribution >= 0.6 is 0 Å². The molecule has 0 bridgehead atoms. The Hall–Kier alpha value is -1.47. The molecule has 2 aromatic rings. The third-order valence-corrected chi connectivity index (χ3v) is 4.15. The van der Waals surface area contributed by atoms with Crippen LogP contribution in [0.4, 0.5) is 0 Å². The Morgan fingerprint density at radius 2 is 2.15 bits per heavy atom. The van der Waals surface area contributed by atoms with E-state index in [2.05, 4.69) is 21.5 Å². The number of sulfone groups is 1. The van der Waals surface area contributed by atoms with Crippen molar-refractivity contribution in [1.29, 1.82) is 0 Å². The van der Waals surface area contributed by atoms with Gasteiger partial charge in [-0.3, -0.25) is 4.68 Å². The zero-order valence-corrected chi connectivity index (χ0v) is 12.9. The van der Waals surface area contributed by atoms with E-state index in [-0.39, 0.29) is 5.75 Å². The van der Waals surface area contributed by atoms with Gasteiger partial charge in [-0.1, -0.05) is 0 Å². The fraction of sp³-hybridized carbons (Fsp3) is 0.538. The molecule has 2 aromatic heterocycles. The molecule has 0 unspecified atom stereocenters. The monoisotopic (exact) mass is 296 g/mol. The fourth-order valence-corrected chi connectivity index (χ4v) is 2.81. The number of aromatic nitrogens is 3. The number of aryl methyl sites for hydroxylation is 2. The van der Waals surface area contributed by atoms with Gasteiger partial charge >= 0.3 is 0 Å². The summed E-state index contributed by atoms with van der Waals surface area (Å²) in [6.45, 7) is 3.32. The first-order valence-electron chi connectivity index (χ1n) is 6.53. The van der Waals surface area contributed by atoms with Crippen molar-refractivity contribution < 1.29 is 8.42 Å². The van der Waals surface area contributed by atoms with Gasteiger partial charge in [0, 0.05) is 31.4 Å². The molecule has 0 aliphatic carbocycles. The minimum absolute atomic E-state index is 0.221. The van der Waals surface area contributed by atoms with Gasteiger partial charge in [0.05, 0.1) is 11.4 Å². The number of nitrogens with one attached hydrogen (secondary N) is 1. The number of rotatable bonds is 6. The predicted octanol–water partition coefficient (Wildman–Crippen LogP) is 0.801. The van der Waals surface area contributed by atoms with E-state index < -0.39 is 9.84 Å². The summed E-state index contributed by atoms with van der Waals surface area (Å²) < 4.78 is 23.8. The largest absolute Gasteiger partial charge is 0.313 e. The number of pyridine rings is 1. The van der Waals surface area contributed by atoms with Gasteiger partial charge in [-0.2, -0.15) is 5.10 Å². The van der Waals surface area contributed by atoms with Crippen molar-refractivity contribution in [3.63, 3.8) is 0 Å². The molecule has 0 radical (unpaired) electrons. The van der Waals surface area contributed by atoms with E-state index in [9.17, 15) is 8.42 Å². The Labute approximate surface area is 119 Å². The molecule has 20 heavy (non-hydrogen) atoms. The van der Waals surface area contributed by atoms with Crippen LogP contribution in [0.1, 0.15) is 17.7 Å². The van der Waals surface area contributed by atoms with Crippen LogP contribution in [0.15, 0.2) is 12.3 Å². The van der Waals surface area contributed by atoms with Gasteiger partial charge in [-0.25, -0.2) is 13.4 Å². The molecule has 0 saturated heterocycles. The predicted molar refractivity (Wildman–Crippen MR) is 79.3 cm³/mol. The summed E-state index contributed by atoms with van der Waals surface area (Å²) in [6, 6.07) is 2.08. The van der Waals surface area contributed by atoms with Gasteiger partial charge in [0.1, 0.15) is 9.84 Å². The molecule has 0 atom stereocenters. The first-order valence-corrected chi connectivity index (χ1v) is 8.59. The van der Waals surface area contributed by atoms with Crippen LogP contribution in [0.3, 0.4) is 0 Å². The smallest absolute Gasteiger partial charge is 0.157 e. The van der Waals surface area contributed by atoms with Gasteiger partial charge in [0.15, 0.2) is 5.65 Å². The fourth-order valence-electron chi connectivity index (χ4n) is 2.14. The maximum atomic E-state index is 11.0. The molecule has 0 saturated carbocycles. The summed E-state index contributed by atoms with van der Waals surface area (Å²) in [5, 5.41) is 8.63. The van der Waals surface area contributed by atoms with Crippen LogP contribution in [0.5, 0.6) is 0 Å². The van der Waals surface area contributed by atoms with E-state index in [1.807, 2.05) is 20.2 Å². The molecular weight excluding hydrogens is 276 g/mol. The normalized spacial score (nSPS) is 12.2. The SMILES string of the molecule is Cc1nn(C)c2ncc(CNCCCS(C)(=O)=O)cc12. The second-order valence-electron chi connectivity index (χ2n) is 5.08. The molecule has 0 amide bonds. The molecular formula is C13H20N4O2S. The summed E-state index contributed by atoms with van der Waals surface area (Å²) >= 11 is 0. The average Bonchev–Trinajstić information content (AvgIpc) is 2.63. The summed E-state index contributed by atoms with van der Waals surface area (Å²) in [5.41, 5.74) is 2.92. The maximum absolute atomic E-state index is 11.0. The molecule has 0 fully saturated rings. The lowest BCUT2D eigenvalue weighted by Gasteiger charge is -2.04. The summed E-state index contributed by atoms with van der Waals surface area (Å²) in [7, 11) is -0.984. The summed E-state index contributed by atoms with van der Waals surface area (Å²) in [4.78, 5) is 4.40. The molecule has 2 rings (SSSR count). The molecule has 7 heteroatoms. The molecule has 6 nitrogen and oxygen atoms in total. The van der Waals surface area contributed by atoms with Gasteiger partial charge in [0.25, 0.3) is 0 Å². The van der Waals surface area contributed by atoms with Crippen molar-refractivity contribution in [2.24, 2.45) is 7.05 Å². The van der Waals surface area contributed by atoms with Crippen molar-refractivity contribution in [1.82, 2.24) is 20.1 Å². The highest BCUT2D eigenvalue weighted by Gasteiger charge is 2.07. The number of hydrogen-bond acceptors (Lipinski definition) is 5. The zero-order valence-electron chi connectivity index (χ0n) is 12.0. The Morgan fingerprint density at radius 3 is 2.85 bits per heavy atom. The lowest BCUT2D eigenvalue weighted by atomic mass is 10.2. The highest BCUT2D eigenvalue weighted by Crippen LogP contribution is 2.16. The standard InChI is InChI=1S/C13H20N4O2S/c1-10-12-7-11(9-15-13(12)17(2)16-10)8-14-5-4-6-20(3,18)19/h7,9,14H,4-6,8H2,1-3H3. The van der Waals surface area contributed by atoms with Crippen molar-refractivity contribution in [2.45, 2.75) is 19.9 Å². The Bertz CT molecular complexity index is 706. The Morgan fingerprint density at radius 1 is 1.40 bits per heavy atom. The van der Waals surface area contributed by atoms with E-state index >= 15 is 0 Å². The lowest BCUT2D eigenvalue weighted by Crippen LogP contribution is -2.18. The first-order chi connectivity index (χ1) is 9.37. The van der Waals surface area contributed by atoms with E-state index in [4.69, 9.17) is 0 Å². The number of fused-ring (bicyclic) bond motifs is 1. The minimum Gasteiger partial charge on any atom is -0.313 e. The van der Waals surface area contributed by atoms with Crippen LogP contribution < -0.4 is 5.32 Å². The average molecular weight is 296 g/mol. The number of nitrogens with zero attached hydrogens (tertiary/aromatic N) is 3. The second-order valence-corrected chi connectivity index (χ2v) is 7.34. The van der Waals surface area contributed by atoms with E-state index in [1.54, 1.807) is 4.68 Å². The molecule has 0 aromatic carbocycles. The van der Waals surface area contributed by atoms with Crippen molar-refractivity contribution in [2.75, 3.05) is 18.6 Å². The number of hydrogen-bond donors (Lipinski definition) is 1. The van der Waals surface area contributed by atoms with Gasteiger partial charge in [0.2, 0.25) is 0 Å². The topological polar surface area (TPSA) is 76.9 Å². The molecule has 0 aliphatic rings. The zero-order chi connectivity index (χ0) is 14.8. The van der Waals surface area contributed by atoms with Crippen LogP contribution in [0.25, 0.3) is 11.0 Å².